The zero-order chi connectivity index (χ0) is 12.2. The van der Waals surface area contributed by atoms with Crippen molar-refractivity contribution in [3.8, 4) is 0 Å². The van der Waals surface area contributed by atoms with E-state index < -0.39 is 11.5 Å². The van der Waals surface area contributed by atoms with Gasteiger partial charge in [0.05, 0.1) is 5.69 Å². The Balaban J connectivity index is 2.57. The predicted octanol–water partition coefficient (Wildman–Crippen LogP) is 3.19. The number of carbonyl (C=O) groups excluding carboxylic acids is 1. The molecule has 0 aromatic heterocycles. The molecule has 1 rings (SSSR count). The number of nitrogens with one attached hydrogen (secondary N) is 1. The van der Waals surface area contributed by atoms with Crippen LogP contribution in [0.3, 0.4) is 0 Å². The molecule has 16 heavy (non-hydrogen) atoms. The second-order valence-electron chi connectivity index (χ2n) is 2.77. The third-order valence-electron chi connectivity index (χ3n) is 1.40. The Morgan fingerprint density at radius 1 is 1.31 bits per heavy atom. The van der Waals surface area contributed by atoms with E-state index in [1.807, 2.05) is 0 Å². The SMILES string of the molecule is CC(=O)ONc1ccc(SC(F)(F)F)cc1. The molecule has 1 aromatic rings. The number of halogens is 3. The first-order valence-corrected chi connectivity index (χ1v) is 4.98. The fraction of sp³-hybridized carbons (Fsp3) is 0.222. The smallest absolute Gasteiger partial charge is 0.344 e. The highest BCUT2D eigenvalue weighted by Crippen LogP contribution is 2.36. The summed E-state index contributed by atoms with van der Waals surface area (Å²) in [5, 5.41) is 0. The van der Waals surface area contributed by atoms with Crippen molar-refractivity contribution in [1.82, 2.24) is 0 Å². The van der Waals surface area contributed by atoms with Crippen molar-refractivity contribution in [2.75, 3.05) is 5.48 Å². The summed E-state index contributed by atoms with van der Waals surface area (Å²) >= 11 is -0.202. The maximum atomic E-state index is 12.0. The van der Waals surface area contributed by atoms with Gasteiger partial charge in [0.15, 0.2) is 0 Å². The van der Waals surface area contributed by atoms with E-state index in [0.29, 0.717) is 5.69 Å². The van der Waals surface area contributed by atoms with Gasteiger partial charge in [-0.05, 0) is 36.0 Å². The number of anilines is 1. The normalized spacial score (nSPS) is 11.0. The van der Waals surface area contributed by atoms with Crippen molar-refractivity contribution in [3.05, 3.63) is 24.3 Å². The van der Waals surface area contributed by atoms with E-state index in [-0.39, 0.29) is 16.7 Å². The molecule has 0 spiro atoms. The number of alkyl halides is 3. The van der Waals surface area contributed by atoms with Crippen molar-refractivity contribution >= 4 is 23.4 Å². The molecule has 7 heteroatoms. The minimum atomic E-state index is -4.30. The maximum absolute atomic E-state index is 12.0. The van der Waals surface area contributed by atoms with E-state index in [9.17, 15) is 18.0 Å². The minimum absolute atomic E-state index is 0.0703. The molecule has 0 aliphatic carbocycles. The Hall–Kier alpha value is -1.37. The summed E-state index contributed by atoms with van der Waals surface area (Å²) in [6, 6.07) is 5.34. The van der Waals surface area contributed by atoms with Crippen LogP contribution in [0.15, 0.2) is 29.2 Å². The largest absolute Gasteiger partial charge is 0.446 e. The number of hydrogen-bond acceptors (Lipinski definition) is 4. The van der Waals surface area contributed by atoms with Crippen LogP contribution in [0, 0.1) is 0 Å². The Kier molecular flexibility index (Phi) is 4.05. The van der Waals surface area contributed by atoms with Crippen molar-refractivity contribution in [3.63, 3.8) is 0 Å². The molecule has 1 aromatic carbocycles. The van der Waals surface area contributed by atoms with Gasteiger partial charge in [-0.15, -0.1) is 0 Å². The van der Waals surface area contributed by atoms with Gasteiger partial charge in [-0.2, -0.15) is 13.2 Å². The Morgan fingerprint density at radius 3 is 2.31 bits per heavy atom. The zero-order valence-electron chi connectivity index (χ0n) is 8.17. The summed E-state index contributed by atoms with van der Waals surface area (Å²) in [4.78, 5) is 15.0. The third kappa shape index (κ3) is 4.92. The maximum Gasteiger partial charge on any atom is 0.446 e. The summed E-state index contributed by atoms with van der Waals surface area (Å²) in [6.45, 7) is 1.21. The molecule has 0 unspecified atom stereocenters. The Labute approximate surface area is 93.9 Å². The van der Waals surface area contributed by atoms with E-state index in [2.05, 4.69) is 10.3 Å². The van der Waals surface area contributed by atoms with Gasteiger partial charge in [0, 0.05) is 11.8 Å². The van der Waals surface area contributed by atoms with Crippen LogP contribution in [0.25, 0.3) is 0 Å². The molecule has 0 aliphatic rings. The molecule has 0 bridgehead atoms. The predicted molar refractivity (Wildman–Crippen MR) is 53.7 cm³/mol. The Bertz CT molecular complexity index is 364. The highest BCUT2D eigenvalue weighted by atomic mass is 32.2. The topological polar surface area (TPSA) is 38.3 Å². The van der Waals surface area contributed by atoms with Crippen LogP contribution in [-0.2, 0) is 9.63 Å². The lowest BCUT2D eigenvalue weighted by Crippen LogP contribution is -2.06. The van der Waals surface area contributed by atoms with Gasteiger partial charge in [0.25, 0.3) is 0 Å². The first-order chi connectivity index (χ1) is 7.37. The van der Waals surface area contributed by atoms with Crippen LogP contribution in [0.1, 0.15) is 6.92 Å². The lowest BCUT2D eigenvalue weighted by molar-refractivity contribution is -0.138. The lowest BCUT2D eigenvalue weighted by atomic mass is 10.3. The zero-order valence-corrected chi connectivity index (χ0v) is 8.98. The van der Waals surface area contributed by atoms with Crippen LogP contribution in [0.4, 0.5) is 18.9 Å². The molecule has 0 aliphatic heterocycles. The fourth-order valence-electron chi connectivity index (χ4n) is 0.855. The number of thioether (sulfide) groups is 1. The molecule has 0 saturated carbocycles. The van der Waals surface area contributed by atoms with Gasteiger partial charge in [-0.3, -0.25) is 4.79 Å². The van der Waals surface area contributed by atoms with Gasteiger partial charge < -0.3 is 4.84 Å². The van der Waals surface area contributed by atoms with Gasteiger partial charge in [0.2, 0.25) is 0 Å². The summed E-state index contributed by atoms with van der Waals surface area (Å²) < 4.78 is 35.9. The minimum Gasteiger partial charge on any atom is -0.344 e. The van der Waals surface area contributed by atoms with Crippen LogP contribution in [0.5, 0.6) is 0 Å². The van der Waals surface area contributed by atoms with Gasteiger partial charge in [-0.25, -0.2) is 5.48 Å². The highest BCUT2D eigenvalue weighted by Gasteiger charge is 2.28. The molecule has 88 valence electrons. The standard InChI is InChI=1S/C9H8F3NO2S/c1-6(14)15-13-7-2-4-8(5-3-7)16-9(10,11)12/h2-5,13H,1H3. The molecule has 0 radical (unpaired) electrons. The Morgan fingerprint density at radius 2 is 1.88 bits per heavy atom. The van der Waals surface area contributed by atoms with Crippen molar-refractivity contribution in [2.24, 2.45) is 0 Å². The van der Waals surface area contributed by atoms with Gasteiger partial charge in [-0.1, -0.05) is 0 Å². The molecule has 0 atom stereocenters. The van der Waals surface area contributed by atoms with E-state index in [1.54, 1.807) is 0 Å². The molecule has 1 N–H and O–H groups in total. The first-order valence-electron chi connectivity index (χ1n) is 4.16. The first kappa shape index (κ1) is 12.7. The summed E-state index contributed by atoms with van der Waals surface area (Å²) in [7, 11) is 0. The van der Waals surface area contributed by atoms with E-state index in [0.717, 1.165) is 0 Å². The number of rotatable bonds is 3. The van der Waals surface area contributed by atoms with Crippen molar-refractivity contribution in [1.29, 1.82) is 0 Å². The number of benzene rings is 1. The molecule has 3 nitrogen and oxygen atoms in total. The van der Waals surface area contributed by atoms with Gasteiger partial charge >= 0.3 is 11.5 Å². The second kappa shape index (κ2) is 5.11. The van der Waals surface area contributed by atoms with E-state index in [1.165, 1.54) is 31.2 Å². The highest BCUT2D eigenvalue weighted by molar-refractivity contribution is 8.00. The monoisotopic (exact) mass is 251 g/mol. The summed E-state index contributed by atoms with van der Waals surface area (Å²) in [6.07, 6.45) is 0. The van der Waals surface area contributed by atoms with Crippen molar-refractivity contribution < 1.29 is 22.8 Å². The molecular formula is C9H8F3NO2S. The fourth-order valence-corrected chi connectivity index (χ4v) is 1.39. The summed E-state index contributed by atoms with van der Waals surface area (Å²) in [5.41, 5.74) is -1.60. The molecular weight excluding hydrogens is 243 g/mol. The van der Waals surface area contributed by atoms with Crippen LogP contribution in [-0.4, -0.2) is 11.5 Å². The number of carbonyl (C=O) groups is 1. The third-order valence-corrected chi connectivity index (χ3v) is 2.14. The molecule has 0 saturated heterocycles. The quantitative estimate of drug-likeness (QED) is 0.661. The lowest BCUT2D eigenvalue weighted by Gasteiger charge is -2.07. The summed E-state index contributed by atoms with van der Waals surface area (Å²) in [5.74, 6) is -0.534. The van der Waals surface area contributed by atoms with Gasteiger partial charge in [0.1, 0.15) is 0 Å². The van der Waals surface area contributed by atoms with E-state index >= 15 is 0 Å². The van der Waals surface area contributed by atoms with Crippen molar-refractivity contribution in [2.45, 2.75) is 17.3 Å². The average Bonchev–Trinajstić information content (AvgIpc) is 2.14. The molecule has 0 fully saturated rings. The van der Waals surface area contributed by atoms with Crippen LogP contribution in [0.2, 0.25) is 0 Å². The second-order valence-corrected chi connectivity index (χ2v) is 3.91. The van der Waals surface area contributed by atoms with Crippen LogP contribution >= 0.6 is 11.8 Å². The average molecular weight is 251 g/mol. The number of hydrogen-bond donors (Lipinski definition) is 1. The molecule has 0 heterocycles. The van der Waals surface area contributed by atoms with Crippen LogP contribution < -0.4 is 5.48 Å². The van der Waals surface area contributed by atoms with E-state index in [4.69, 9.17) is 0 Å². The molecule has 0 amide bonds.